The van der Waals surface area contributed by atoms with Crippen LogP contribution in [0.3, 0.4) is 0 Å². The summed E-state index contributed by atoms with van der Waals surface area (Å²) in [5.41, 5.74) is 1.46. The molecule has 3 nitrogen and oxygen atoms in total. The maximum Gasteiger partial charge on any atom is 0.401 e. The van der Waals surface area contributed by atoms with Crippen LogP contribution in [0.4, 0.5) is 13.2 Å². The molecule has 2 aromatic rings. The van der Waals surface area contributed by atoms with Gasteiger partial charge in [-0.05, 0) is 82.4 Å². The average Bonchev–Trinajstić information content (AvgIpc) is 2.69. The molecule has 7 heteroatoms. The van der Waals surface area contributed by atoms with E-state index in [4.69, 9.17) is 11.6 Å². The molecule has 2 heterocycles. The predicted molar refractivity (Wildman–Crippen MR) is 119 cm³/mol. The Morgan fingerprint density at radius 3 is 2.23 bits per heavy atom. The summed E-state index contributed by atoms with van der Waals surface area (Å²) in [6.45, 7) is 7.76. The van der Waals surface area contributed by atoms with Crippen LogP contribution in [0, 0.1) is 5.92 Å². The summed E-state index contributed by atoms with van der Waals surface area (Å²) in [6, 6.07) is 11.9. The molecule has 1 aliphatic heterocycles. The van der Waals surface area contributed by atoms with Gasteiger partial charge in [-0.3, -0.25) is 14.8 Å². The highest BCUT2D eigenvalue weighted by atomic mass is 35.5. The monoisotopic (exact) mass is 453 g/mol. The van der Waals surface area contributed by atoms with Gasteiger partial charge >= 0.3 is 6.18 Å². The molecule has 170 valence electrons. The number of alkyl halides is 3. The first-order valence-corrected chi connectivity index (χ1v) is 11.1. The lowest BCUT2D eigenvalue weighted by atomic mass is 9.91. The first-order valence-electron chi connectivity index (χ1n) is 10.8. The number of piperidine rings is 1. The summed E-state index contributed by atoms with van der Waals surface area (Å²) in [5, 5.41) is 0.556. The van der Waals surface area contributed by atoms with Gasteiger partial charge in [0.1, 0.15) is 0 Å². The third-order valence-corrected chi connectivity index (χ3v) is 6.21. The van der Waals surface area contributed by atoms with Gasteiger partial charge in [0.05, 0.1) is 18.3 Å². The van der Waals surface area contributed by atoms with Gasteiger partial charge in [-0.2, -0.15) is 13.2 Å². The van der Waals surface area contributed by atoms with Crippen molar-refractivity contribution in [2.45, 2.75) is 51.4 Å². The average molecular weight is 454 g/mol. The molecule has 0 aliphatic carbocycles. The lowest BCUT2D eigenvalue weighted by Gasteiger charge is -2.43. The minimum Gasteiger partial charge on any atom is -0.298 e. The quantitative estimate of drug-likeness (QED) is 0.519. The Morgan fingerprint density at radius 2 is 1.71 bits per heavy atom. The van der Waals surface area contributed by atoms with Gasteiger partial charge in [0.2, 0.25) is 0 Å². The number of hydrogen-bond donors (Lipinski definition) is 0. The van der Waals surface area contributed by atoms with Crippen LogP contribution in [0.5, 0.6) is 0 Å². The van der Waals surface area contributed by atoms with E-state index in [1.165, 1.54) is 0 Å². The molecule has 1 fully saturated rings. The van der Waals surface area contributed by atoms with Crippen LogP contribution in [0.1, 0.15) is 50.9 Å². The molecule has 1 unspecified atom stereocenters. The number of likely N-dealkylation sites (tertiary alicyclic amines) is 1. The molecule has 1 aromatic carbocycles. The number of pyridine rings is 1. The summed E-state index contributed by atoms with van der Waals surface area (Å²) in [4.78, 5) is 8.37. The third kappa shape index (κ3) is 6.93. The fourth-order valence-corrected chi connectivity index (χ4v) is 4.49. The summed E-state index contributed by atoms with van der Waals surface area (Å²) >= 11 is 6.04. The van der Waals surface area contributed by atoms with Crippen LogP contribution in [0.25, 0.3) is 0 Å². The molecule has 1 aromatic heterocycles. The Hall–Kier alpha value is -1.63. The second kappa shape index (κ2) is 9.88. The van der Waals surface area contributed by atoms with Crippen LogP contribution in [0.2, 0.25) is 5.02 Å². The van der Waals surface area contributed by atoms with Crippen molar-refractivity contribution in [2.24, 2.45) is 5.92 Å². The van der Waals surface area contributed by atoms with Gasteiger partial charge in [0, 0.05) is 23.3 Å². The van der Waals surface area contributed by atoms with E-state index in [1.807, 2.05) is 6.07 Å². The highest BCUT2D eigenvalue weighted by molar-refractivity contribution is 6.30. The number of hydrogen-bond acceptors (Lipinski definition) is 3. The maximum absolute atomic E-state index is 13.6. The van der Waals surface area contributed by atoms with Crippen molar-refractivity contribution < 1.29 is 13.2 Å². The van der Waals surface area contributed by atoms with Gasteiger partial charge in [-0.1, -0.05) is 29.8 Å². The minimum absolute atomic E-state index is 0.0798. The number of halogens is 4. The topological polar surface area (TPSA) is 19.4 Å². The molecule has 0 spiro atoms. The van der Waals surface area contributed by atoms with E-state index >= 15 is 0 Å². The number of rotatable bonds is 6. The van der Waals surface area contributed by atoms with Crippen molar-refractivity contribution in [3.8, 4) is 0 Å². The van der Waals surface area contributed by atoms with E-state index in [0.717, 1.165) is 31.5 Å². The van der Waals surface area contributed by atoms with E-state index < -0.39 is 18.8 Å². The fourth-order valence-electron chi connectivity index (χ4n) is 4.36. The molecule has 3 rings (SSSR count). The molecule has 0 radical (unpaired) electrons. The zero-order chi connectivity index (χ0) is 22.6. The first kappa shape index (κ1) is 24.0. The summed E-state index contributed by atoms with van der Waals surface area (Å²) < 4.78 is 40.9. The van der Waals surface area contributed by atoms with Crippen molar-refractivity contribution in [1.29, 1.82) is 0 Å². The van der Waals surface area contributed by atoms with Crippen molar-refractivity contribution in [1.82, 2.24) is 14.8 Å². The number of benzene rings is 1. The standard InChI is InChI=1S/C24H31ClF3N3/c1-23(2,3)31-14-11-18(12-15-31)16-30(17-24(26,27)28)22(21-6-4-5-13-29-21)19-7-9-20(25)10-8-19/h4-10,13,18,22H,11-12,14-17H2,1-3H3. The van der Waals surface area contributed by atoms with Crippen LogP contribution >= 0.6 is 11.6 Å². The lowest BCUT2D eigenvalue weighted by molar-refractivity contribution is -0.151. The van der Waals surface area contributed by atoms with E-state index in [9.17, 15) is 13.2 Å². The smallest absolute Gasteiger partial charge is 0.298 e. The lowest BCUT2D eigenvalue weighted by Crippen LogP contribution is -2.48. The predicted octanol–water partition coefficient (Wildman–Crippen LogP) is 6.20. The first-order chi connectivity index (χ1) is 14.5. The summed E-state index contributed by atoms with van der Waals surface area (Å²) in [7, 11) is 0. The van der Waals surface area contributed by atoms with Crippen molar-refractivity contribution in [2.75, 3.05) is 26.2 Å². The molecule has 1 atom stereocenters. The molecule has 0 saturated carbocycles. The normalized spacial score (nSPS) is 17.8. The van der Waals surface area contributed by atoms with Crippen molar-refractivity contribution in [3.05, 3.63) is 64.9 Å². The number of aromatic nitrogens is 1. The van der Waals surface area contributed by atoms with Gasteiger partial charge in [0.15, 0.2) is 0 Å². The molecular weight excluding hydrogens is 423 g/mol. The van der Waals surface area contributed by atoms with Gasteiger partial charge in [-0.25, -0.2) is 0 Å². The van der Waals surface area contributed by atoms with Gasteiger partial charge < -0.3 is 0 Å². The third-order valence-electron chi connectivity index (χ3n) is 5.96. The Balaban J connectivity index is 1.88. The number of nitrogens with zero attached hydrogens (tertiary/aromatic N) is 3. The second-order valence-corrected chi connectivity index (χ2v) is 9.79. The van der Waals surface area contributed by atoms with Gasteiger partial charge in [-0.15, -0.1) is 0 Å². The van der Waals surface area contributed by atoms with E-state index in [-0.39, 0.29) is 11.5 Å². The molecule has 0 amide bonds. The van der Waals surface area contributed by atoms with E-state index in [2.05, 4.69) is 30.7 Å². The zero-order valence-corrected chi connectivity index (χ0v) is 19.1. The Morgan fingerprint density at radius 1 is 1.06 bits per heavy atom. The SMILES string of the molecule is CC(C)(C)N1CCC(CN(CC(F)(F)F)C(c2ccc(Cl)cc2)c2ccccn2)CC1. The molecule has 0 N–H and O–H groups in total. The molecule has 1 aliphatic rings. The van der Waals surface area contributed by atoms with E-state index in [0.29, 0.717) is 17.3 Å². The highest BCUT2D eigenvalue weighted by Gasteiger charge is 2.37. The van der Waals surface area contributed by atoms with Crippen LogP contribution in [0.15, 0.2) is 48.7 Å². The van der Waals surface area contributed by atoms with Gasteiger partial charge in [0.25, 0.3) is 0 Å². The molecule has 31 heavy (non-hydrogen) atoms. The highest BCUT2D eigenvalue weighted by Crippen LogP contribution is 2.34. The Bertz CT molecular complexity index is 811. The minimum atomic E-state index is -4.30. The fraction of sp³-hybridized carbons (Fsp3) is 0.542. The largest absolute Gasteiger partial charge is 0.401 e. The van der Waals surface area contributed by atoms with E-state index in [1.54, 1.807) is 47.5 Å². The molecular formula is C24H31ClF3N3. The maximum atomic E-state index is 13.6. The zero-order valence-electron chi connectivity index (χ0n) is 18.4. The Kier molecular flexibility index (Phi) is 7.66. The van der Waals surface area contributed by atoms with Crippen molar-refractivity contribution in [3.63, 3.8) is 0 Å². The summed E-state index contributed by atoms with van der Waals surface area (Å²) in [6.07, 6.45) is -0.889. The molecule has 1 saturated heterocycles. The van der Waals surface area contributed by atoms with Crippen LogP contribution in [-0.2, 0) is 0 Å². The van der Waals surface area contributed by atoms with Crippen molar-refractivity contribution >= 4 is 11.6 Å². The second-order valence-electron chi connectivity index (χ2n) is 9.35. The van der Waals surface area contributed by atoms with Crippen LogP contribution in [-0.4, -0.2) is 52.7 Å². The van der Waals surface area contributed by atoms with Crippen LogP contribution < -0.4 is 0 Å². The molecule has 0 bridgehead atoms. The summed E-state index contributed by atoms with van der Waals surface area (Å²) in [5.74, 6) is 0.208. The Labute approximate surface area is 188 Å².